The molecule has 3 fully saturated rings. The Hall–Kier alpha value is -2.50. The number of morpholine rings is 1. The smallest absolute Gasteiger partial charge is 0.163 e. The summed E-state index contributed by atoms with van der Waals surface area (Å²) in [6.45, 7) is 4.93. The number of aliphatic hydroxyl groups is 1. The molecule has 34 heavy (non-hydrogen) atoms. The molecule has 2 unspecified atom stereocenters. The Morgan fingerprint density at radius 2 is 2.06 bits per heavy atom. The van der Waals surface area contributed by atoms with E-state index in [0.29, 0.717) is 43.9 Å². The molecule has 1 aromatic carbocycles. The fraction of sp³-hybridized carbons (Fsp3) is 0.583. The summed E-state index contributed by atoms with van der Waals surface area (Å²) in [7, 11) is 1.80. The largest absolute Gasteiger partial charge is 0.491 e. The van der Waals surface area contributed by atoms with Crippen LogP contribution >= 0.6 is 0 Å². The van der Waals surface area contributed by atoms with E-state index in [1.807, 2.05) is 30.3 Å². The Kier molecular flexibility index (Phi) is 7.41. The minimum atomic E-state index is -0.581. The highest BCUT2D eigenvalue weighted by Crippen LogP contribution is 2.34. The molecule has 4 atom stereocenters. The van der Waals surface area contributed by atoms with Crippen molar-refractivity contribution in [3.63, 3.8) is 0 Å². The highest BCUT2D eigenvalue weighted by molar-refractivity contribution is 5.63. The van der Waals surface area contributed by atoms with Crippen LogP contribution in [-0.2, 0) is 14.2 Å². The SMILES string of the molecule is CNCC(O)COc1cccc(-c2nc(N[C@H]3CO[C@H]4OCCC43)cc(N3CCOCC3)n2)c1. The molecule has 0 amide bonds. The number of fused-ring (bicyclic) bond motifs is 1. The molecule has 4 heterocycles. The van der Waals surface area contributed by atoms with Crippen molar-refractivity contribution in [1.82, 2.24) is 15.3 Å². The van der Waals surface area contributed by atoms with Crippen molar-refractivity contribution >= 4 is 11.6 Å². The lowest BCUT2D eigenvalue weighted by atomic mass is 10.0. The standard InChI is InChI=1S/C24H33N5O5/c1-25-13-17(30)14-33-18-4-2-3-16(11-18)23-27-21(12-22(28-23)29-6-9-31-10-7-29)26-20-15-34-24-19(20)5-8-32-24/h2-4,11-12,17,19-20,24-25,30H,5-10,13-15H2,1H3,(H,26,27,28)/t17?,19?,20-,24+/m0/s1. The molecule has 0 bridgehead atoms. The molecule has 0 saturated carbocycles. The second-order valence-electron chi connectivity index (χ2n) is 8.86. The molecule has 0 radical (unpaired) electrons. The van der Waals surface area contributed by atoms with Crippen LogP contribution < -0.4 is 20.3 Å². The predicted octanol–water partition coefficient (Wildman–Crippen LogP) is 1.11. The third kappa shape index (κ3) is 5.42. The number of aliphatic hydroxyl groups excluding tert-OH is 1. The first-order valence-corrected chi connectivity index (χ1v) is 12.0. The average molecular weight is 472 g/mol. The van der Waals surface area contributed by atoms with Crippen LogP contribution in [0.15, 0.2) is 30.3 Å². The van der Waals surface area contributed by atoms with Crippen LogP contribution in [0.3, 0.4) is 0 Å². The fourth-order valence-corrected chi connectivity index (χ4v) is 4.61. The van der Waals surface area contributed by atoms with Crippen LogP contribution in [0.5, 0.6) is 5.75 Å². The number of benzene rings is 1. The lowest BCUT2D eigenvalue weighted by molar-refractivity contribution is -0.0904. The number of nitrogens with zero attached hydrogens (tertiary/aromatic N) is 3. The van der Waals surface area contributed by atoms with E-state index < -0.39 is 6.10 Å². The van der Waals surface area contributed by atoms with Gasteiger partial charge < -0.3 is 39.6 Å². The van der Waals surface area contributed by atoms with Crippen molar-refractivity contribution in [1.29, 1.82) is 0 Å². The number of hydrogen-bond donors (Lipinski definition) is 3. The van der Waals surface area contributed by atoms with Gasteiger partial charge in [-0.1, -0.05) is 12.1 Å². The Balaban J connectivity index is 1.39. The summed E-state index contributed by atoms with van der Waals surface area (Å²) in [5, 5.41) is 16.5. The van der Waals surface area contributed by atoms with Gasteiger partial charge in [-0.2, -0.15) is 0 Å². The van der Waals surface area contributed by atoms with Gasteiger partial charge in [-0.25, -0.2) is 9.97 Å². The molecule has 10 heteroatoms. The van der Waals surface area contributed by atoms with Crippen molar-refractivity contribution < 1.29 is 24.1 Å². The van der Waals surface area contributed by atoms with Crippen LogP contribution in [0.1, 0.15) is 6.42 Å². The van der Waals surface area contributed by atoms with Crippen molar-refractivity contribution in [3.8, 4) is 17.1 Å². The Morgan fingerprint density at radius 1 is 1.18 bits per heavy atom. The molecule has 2 aromatic rings. The second kappa shape index (κ2) is 10.8. The van der Waals surface area contributed by atoms with E-state index in [2.05, 4.69) is 15.5 Å². The van der Waals surface area contributed by atoms with Crippen LogP contribution in [-0.4, -0.2) is 93.2 Å². The maximum absolute atomic E-state index is 9.96. The van der Waals surface area contributed by atoms with Gasteiger partial charge in [-0.15, -0.1) is 0 Å². The van der Waals surface area contributed by atoms with E-state index >= 15 is 0 Å². The molecule has 5 rings (SSSR count). The number of hydrogen-bond acceptors (Lipinski definition) is 10. The molecular formula is C24H33N5O5. The van der Waals surface area contributed by atoms with Crippen LogP contribution in [0.25, 0.3) is 11.4 Å². The number of nitrogens with one attached hydrogen (secondary N) is 2. The quantitative estimate of drug-likeness (QED) is 0.492. The van der Waals surface area contributed by atoms with Gasteiger partial charge in [0, 0.05) is 37.2 Å². The number of rotatable bonds is 9. The van der Waals surface area contributed by atoms with Gasteiger partial charge in [0.05, 0.1) is 32.5 Å². The van der Waals surface area contributed by atoms with E-state index in [9.17, 15) is 5.11 Å². The first kappa shape index (κ1) is 23.3. The first-order valence-electron chi connectivity index (χ1n) is 12.0. The third-order valence-corrected chi connectivity index (χ3v) is 6.40. The van der Waals surface area contributed by atoms with E-state index in [4.69, 9.17) is 28.9 Å². The van der Waals surface area contributed by atoms with E-state index in [1.54, 1.807) is 7.05 Å². The van der Waals surface area contributed by atoms with Crippen molar-refractivity contribution in [2.45, 2.75) is 24.9 Å². The van der Waals surface area contributed by atoms with E-state index in [0.717, 1.165) is 43.3 Å². The van der Waals surface area contributed by atoms with Crippen molar-refractivity contribution in [2.24, 2.45) is 5.92 Å². The fourth-order valence-electron chi connectivity index (χ4n) is 4.61. The monoisotopic (exact) mass is 471 g/mol. The normalized spacial score (nSPS) is 25.2. The van der Waals surface area contributed by atoms with Gasteiger partial charge in [0.2, 0.25) is 0 Å². The molecule has 3 N–H and O–H groups in total. The number of aromatic nitrogens is 2. The van der Waals surface area contributed by atoms with Gasteiger partial charge >= 0.3 is 0 Å². The first-order chi connectivity index (χ1) is 16.7. The highest BCUT2D eigenvalue weighted by atomic mass is 16.7. The molecule has 3 aliphatic rings. The summed E-state index contributed by atoms with van der Waals surface area (Å²) in [6.07, 6.45) is 0.280. The van der Waals surface area contributed by atoms with Gasteiger partial charge in [0.1, 0.15) is 30.1 Å². The molecule has 1 aromatic heterocycles. The highest BCUT2D eigenvalue weighted by Gasteiger charge is 2.41. The predicted molar refractivity (Wildman–Crippen MR) is 127 cm³/mol. The number of anilines is 2. The molecule has 0 aliphatic carbocycles. The summed E-state index contributed by atoms with van der Waals surface area (Å²) in [4.78, 5) is 12.0. The second-order valence-corrected chi connectivity index (χ2v) is 8.86. The molecule has 3 aliphatic heterocycles. The topological polar surface area (TPSA) is 110 Å². The molecule has 184 valence electrons. The van der Waals surface area contributed by atoms with Crippen LogP contribution in [0, 0.1) is 5.92 Å². The summed E-state index contributed by atoms with van der Waals surface area (Å²) < 4.78 is 22.8. The molecule has 0 spiro atoms. The lowest BCUT2D eigenvalue weighted by Gasteiger charge is -2.28. The van der Waals surface area contributed by atoms with Crippen molar-refractivity contribution in [2.75, 3.05) is 69.9 Å². The minimum absolute atomic E-state index is 0.121. The Bertz CT molecular complexity index is 957. The zero-order valence-electron chi connectivity index (χ0n) is 19.5. The summed E-state index contributed by atoms with van der Waals surface area (Å²) >= 11 is 0. The van der Waals surface area contributed by atoms with Crippen molar-refractivity contribution in [3.05, 3.63) is 30.3 Å². The van der Waals surface area contributed by atoms with Crippen LogP contribution in [0.4, 0.5) is 11.6 Å². The van der Waals surface area contributed by atoms with Gasteiger partial charge in [0.25, 0.3) is 0 Å². The Morgan fingerprint density at radius 3 is 2.91 bits per heavy atom. The number of likely N-dealkylation sites (N-methyl/N-ethyl adjacent to an activating group) is 1. The average Bonchev–Trinajstić information content (AvgIpc) is 3.49. The maximum atomic E-state index is 9.96. The third-order valence-electron chi connectivity index (χ3n) is 6.40. The summed E-state index contributed by atoms with van der Waals surface area (Å²) in [6, 6.07) is 9.82. The van der Waals surface area contributed by atoms with E-state index in [1.165, 1.54) is 0 Å². The maximum Gasteiger partial charge on any atom is 0.163 e. The zero-order valence-corrected chi connectivity index (χ0v) is 19.5. The van der Waals surface area contributed by atoms with Gasteiger partial charge in [0.15, 0.2) is 12.1 Å². The van der Waals surface area contributed by atoms with Gasteiger partial charge in [-0.3, -0.25) is 0 Å². The van der Waals surface area contributed by atoms with Crippen LogP contribution in [0.2, 0.25) is 0 Å². The minimum Gasteiger partial charge on any atom is -0.491 e. The number of ether oxygens (including phenoxy) is 4. The zero-order chi connectivity index (χ0) is 23.3. The van der Waals surface area contributed by atoms with E-state index in [-0.39, 0.29) is 18.9 Å². The summed E-state index contributed by atoms with van der Waals surface area (Å²) in [5.74, 6) is 3.24. The Labute approximate surface area is 199 Å². The molecule has 3 saturated heterocycles. The molecular weight excluding hydrogens is 438 g/mol. The van der Waals surface area contributed by atoms with Gasteiger partial charge in [-0.05, 0) is 25.6 Å². The summed E-state index contributed by atoms with van der Waals surface area (Å²) in [5.41, 5.74) is 0.850. The molecule has 10 nitrogen and oxygen atoms in total. The lowest BCUT2D eigenvalue weighted by Crippen LogP contribution is -2.37.